The van der Waals surface area contributed by atoms with Crippen LogP contribution in [0.25, 0.3) is 32.3 Å². The van der Waals surface area contributed by atoms with Crippen molar-refractivity contribution in [2.75, 3.05) is 0 Å². The summed E-state index contributed by atoms with van der Waals surface area (Å²) in [5.41, 5.74) is 2.37. The minimum atomic E-state index is 0.552. The minimum absolute atomic E-state index is 0.552. The smallest absolute Gasteiger partial charge is 0.215 e. The average molecular weight is 468 g/mol. The summed E-state index contributed by atoms with van der Waals surface area (Å²) in [5.74, 6) is 0. The largest absolute Gasteiger partial charge is 0.255 e. The molecular formula is C29H21Cl2N2+. The van der Waals surface area contributed by atoms with Crippen molar-refractivity contribution in [3.8, 4) is 0 Å². The summed E-state index contributed by atoms with van der Waals surface area (Å²) in [6.45, 7) is 1.33. The van der Waals surface area contributed by atoms with E-state index in [0.29, 0.717) is 23.4 Å². The number of fused-ring (bicyclic) bond motifs is 3. The first-order valence-electron chi connectivity index (χ1n) is 11.0. The number of hydrogen-bond donors (Lipinski definition) is 0. The molecule has 0 aliphatic rings. The van der Waals surface area contributed by atoms with E-state index < -0.39 is 0 Å². The van der Waals surface area contributed by atoms with E-state index in [-0.39, 0.29) is 0 Å². The maximum atomic E-state index is 6.63. The van der Waals surface area contributed by atoms with Gasteiger partial charge < -0.3 is 0 Å². The van der Waals surface area contributed by atoms with Gasteiger partial charge >= 0.3 is 0 Å². The van der Waals surface area contributed by atoms with Crippen LogP contribution in [0.3, 0.4) is 0 Å². The van der Waals surface area contributed by atoms with Crippen molar-refractivity contribution < 1.29 is 4.57 Å². The molecule has 0 saturated carbocycles. The monoisotopic (exact) mass is 467 g/mol. The summed E-state index contributed by atoms with van der Waals surface area (Å²) in [4.78, 5) is 0. The molecule has 0 unspecified atom stereocenters. The van der Waals surface area contributed by atoms with Gasteiger partial charge in [0.25, 0.3) is 10.3 Å². The Kier molecular flexibility index (Phi) is 5.05. The second-order valence-corrected chi connectivity index (χ2v) is 9.23. The zero-order valence-corrected chi connectivity index (χ0v) is 19.4. The maximum Gasteiger partial charge on any atom is 0.255 e. The Bertz CT molecular complexity index is 1650. The molecule has 0 fully saturated rings. The molecule has 0 aliphatic carbocycles. The second kappa shape index (κ2) is 8.22. The number of nitrogens with zero attached hydrogens (tertiary/aromatic N) is 2. The molecule has 0 bridgehead atoms. The molecule has 1 aromatic heterocycles. The SMILES string of the molecule is Clc1c(Cl)[n+](Cc2ccc3cc4ccccc4cc3c2)cn1Cc1ccc2ccccc2c1. The number of rotatable bonds is 4. The topological polar surface area (TPSA) is 8.81 Å². The number of halogens is 2. The van der Waals surface area contributed by atoms with Crippen LogP contribution in [0.5, 0.6) is 0 Å². The van der Waals surface area contributed by atoms with E-state index in [4.69, 9.17) is 23.2 Å². The zero-order valence-electron chi connectivity index (χ0n) is 17.9. The highest BCUT2D eigenvalue weighted by Gasteiger charge is 2.21. The lowest BCUT2D eigenvalue weighted by Crippen LogP contribution is -2.33. The molecule has 160 valence electrons. The number of aromatic nitrogens is 2. The van der Waals surface area contributed by atoms with Gasteiger partial charge in [0.05, 0.1) is 0 Å². The molecule has 0 N–H and O–H groups in total. The molecule has 0 aliphatic heterocycles. The summed E-state index contributed by atoms with van der Waals surface area (Å²) in [6.07, 6.45) is 2.00. The van der Waals surface area contributed by atoms with Gasteiger partial charge in [-0.2, -0.15) is 0 Å². The first-order chi connectivity index (χ1) is 16.1. The molecule has 6 rings (SSSR count). The van der Waals surface area contributed by atoms with Crippen molar-refractivity contribution in [3.05, 3.63) is 125 Å². The van der Waals surface area contributed by atoms with Crippen LogP contribution in [0, 0.1) is 0 Å². The predicted molar refractivity (Wildman–Crippen MR) is 138 cm³/mol. The lowest BCUT2D eigenvalue weighted by molar-refractivity contribution is -0.685. The van der Waals surface area contributed by atoms with Crippen LogP contribution in [0.15, 0.2) is 103 Å². The van der Waals surface area contributed by atoms with E-state index in [1.807, 2.05) is 15.5 Å². The van der Waals surface area contributed by atoms with Gasteiger partial charge in [0.15, 0.2) is 0 Å². The first kappa shape index (κ1) is 20.3. The van der Waals surface area contributed by atoms with E-state index in [2.05, 4.69) is 97.1 Å². The number of hydrogen-bond acceptors (Lipinski definition) is 0. The van der Waals surface area contributed by atoms with Gasteiger partial charge in [-0.25, -0.2) is 9.13 Å². The summed E-state index contributed by atoms with van der Waals surface area (Å²) < 4.78 is 4.01. The third-order valence-corrected chi connectivity index (χ3v) is 7.13. The molecule has 0 amide bonds. The maximum absolute atomic E-state index is 6.63. The predicted octanol–water partition coefficient (Wildman–Crippen LogP) is 7.64. The molecule has 0 saturated heterocycles. The number of imidazole rings is 1. The highest BCUT2D eigenvalue weighted by molar-refractivity contribution is 6.39. The molecule has 33 heavy (non-hydrogen) atoms. The van der Waals surface area contributed by atoms with Crippen molar-refractivity contribution in [2.24, 2.45) is 0 Å². The quantitative estimate of drug-likeness (QED) is 0.186. The van der Waals surface area contributed by atoms with Crippen LogP contribution >= 0.6 is 23.2 Å². The Balaban J connectivity index is 1.30. The fourth-order valence-electron chi connectivity index (χ4n) is 4.55. The van der Waals surface area contributed by atoms with Crippen LogP contribution in [0.4, 0.5) is 0 Å². The molecule has 5 aromatic carbocycles. The van der Waals surface area contributed by atoms with Crippen molar-refractivity contribution in [2.45, 2.75) is 13.1 Å². The third-order valence-electron chi connectivity index (χ3n) is 6.24. The molecule has 0 spiro atoms. The van der Waals surface area contributed by atoms with Crippen molar-refractivity contribution >= 4 is 55.5 Å². The van der Waals surface area contributed by atoms with Gasteiger partial charge in [0.1, 0.15) is 13.1 Å². The zero-order chi connectivity index (χ0) is 22.4. The summed E-state index contributed by atoms with van der Waals surface area (Å²) >= 11 is 13.3. The molecular weight excluding hydrogens is 447 g/mol. The van der Waals surface area contributed by atoms with Crippen LogP contribution < -0.4 is 4.57 Å². The van der Waals surface area contributed by atoms with E-state index in [9.17, 15) is 0 Å². The summed E-state index contributed by atoms with van der Waals surface area (Å²) in [6, 6.07) is 34.4. The van der Waals surface area contributed by atoms with E-state index >= 15 is 0 Å². The van der Waals surface area contributed by atoms with Gasteiger partial charge in [-0.1, -0.05) is 72.8 Å². The van der Waals surface area contributed by atoms with Crippen molar-refractivity contribution in [1.82, 2.24) is 4.57 Å². The summed E-state index contributed by atoms with van der Waals surface area (Å²) in [5, 5.41) is 8.53. The Hall–Kier alpha value is -3.33. The molecule has 0 radical (unpaired) electrons. The molecule has 4 heteroatoms. The lowest BCUT2D eigenvalue weighted by atomic mass is 10.0. The van der Waals surface area contributed by atoms with E-state index in [1.54, 1.807) is 0 Å². The summed E-state index contributed by atoms with van der Waals surface area (Å²) in [7, 11) is 0. The van der Waals surface area contributed by atoms with Crippen LogP contribution in [0.1, 0.15) is 11.1 Å². The Morgan fingerprint density at radius 1 is 0.576 bits per heavy atom. The highest BCUT2D eigenvalue weighted by Crippen LogP contribution is 2.25. The Morgan fingerprint density at radius 2 is 1.12 bits per heavy atom. The van der Waals surface area contributed by atoms with Crippen molar-refractivity contribution in [1.29, 1.82) is 0 Å². The standard InChI is InChI=1S/C29H21Cl2N2/c30-28-29(31)33(19-32(28)17-20-9-11-22-5-1-2-6-23(22)13-20)18-21-10-12-26-15-24-7-3-4-8-25(24)16-27(26)14-21/h1-16,19H,17-18H2/q+1. The Labute approximate surface area is 202 Å². The van der Waals surface area contributed by atoms with Crippen molar-refractivity contribution in [3.63, 3.8) is 0 Å². The molecule has 6 aromatic rings. The lowest BCUT2D eigenvalue weighted by Gasteiger charge is -2.05. The Morgan fingerprint density at radius 3 is 1.88 bits per heavy atom. The molecule has 0 atom stereocenters. The normalized spacial score (nSPS) is 11.6. The van der Waals surface area contributed by atoms with E-state index in [0.717, 1.165) is 0 Å². The minimum Gasteiger partial charge on any atom is -0.215 e. The van der Waals surface area contributed by atoms with Gasteiger partial charge in [0.2, 0.25) is 6.33 Å². The number of benzene rings is 5. The van der Waals surface area contributed by atoms with Crippen LogP contribution in [0.2, 0.25) is 10.3 Å². The van der Waals surface area contributed by atoms with Crippen LogP contribution in [-0.2, 0) is 13.1 Å². The van der Waals surface area contributed by atoms with Gasteiger partial charge in [-0.05, 0) is 90.9 Å². The average Bonchev–Trinajstić information content (AvgIpc) is 3.10. The molecule has 2 nitrogen and oxygen atoms in total. The highest BCUT2D eigenvalue weighted by atomic mass is 35.5. The van der Waals surface area contributed by atoms with Gasteiger partial charge in [0, 0.05) is 0 Å². The fraction of sp³-hybridized carbons (Fsp3) is 0.0690. The first-order valence-corrected chi connectivity index (χ1v) is 11.7. The van der Waals surface area contributed by atoms with Gasteiger partial charge in [-0.15, -0.1) is 0 Å². The molecule has 1 heterocycles. The van der Waals surface area contributed by atoms with Crippen LogP contribution in [-0.4, -0.2) is 4.57 Å². The second-order valence-electron chi connectivity index (χ2n) is 8.52. The fourth-order valence-corrected chi connectivity index (χ4v) is 4.97. The third kappa shape index (κ3) is 3.86. The van der Waals surface area contributed by atoms with E-state index in [1.165, 1.54) is 43.4 Å². The van der Waals surface area contributed by atoms with Gasteiger partial charge in [-0.3, -0.25) is 0 Å².